The van der Waals surface area contributed by atoms with Gasteiger partial charge in [0.25, 0.3) is 5.91 Å². The normalized spacial score (nSPS) is 11.2. The van der Waals surface area contributed by atoms with E-state index in [-0.39, 0.29) is 18.1 Å². The molecule has 0 bridgehead atoms. The SMILES string of the molecule is CN(C)C(=O)c1cc(NC(C)(C)CCO)ccn1. The minimum Gasteiger partial charge on any atom is -0.396 e. The fraction of sp³-hybridized carbons (Fsp3) is 0.538. The second-order valence-electron chi connectivity index (χ2n) is 5.11. The van der Waals surface area contributed by atoms with Gasteiger partial charge >= 0.3 is 0 Å². The third kappa shape index (κ3) is 4.00. The van der Waals surface area contributed by atoms with Crippen LogP contribution in [0.1, 0.15) is 30.8 Å². The summed E-state index contributed by atoms with van der Waals surface area (Å²) < 4.78 is 0. The van der Waals surface area contributed by atoms with Crippen LogP contribution in [0.4, 0.5) is 5.69 Å². The van der Waals surface area contributed by atoms with Crippen molar-refractivity contribution in [1.82, 2.24) is 9.88 Å². The van der Waals surface area contributed by atoms with Crippen molar-refractivity contribution in [2.45, 2.75) is 25.8 Å². The lowest BCUT2D eigenvalue weighted by atomic mass is 10.0. The van der Waals surface area contributed by atoms with Gasteiger partial charge in [0.2, 0.25) is 0 Å². The highest BCUT2D eigenvalue weighted by molar-refractivity contribution is 5.92. The molecule has 1 aromatic rings. The summed E-state index contributed by atoms with van der Waals surface area (Å²) in [6.07, 6.45) is 2.24. The van der Waals surface area contributed by atoms with Crippen molar-refractivity contribution in [2.75, 3.05) is 26.0 Å². The number of pyridine rings is 1. The molecule has 5 heteroatoms. The van der Waals surface area contributed by atoms with Gasteiger partial charge in [0, 0.05) is 38.1 Å². The molecule has 0 aliphatic heterocycles. The van der Waals surface area contributed by atoms with E-state index in [0.29, 0.717) is 12.1 Å². The molecule has 1 aromatic heterocycles. The van der Waals surface area contributed by atoms with Crippen LogP contribution in [0.5, 0.6) is 0 Å². The van der Waals surface area contributed by atoms with E-state index in [9.17, 15) is 4.79 Å². The molecule has 2 N–H and O–H groups in total. The minimum atomic E-state index is -0.228. The van der Waals surface area contributed by atoms with Crippen molar-refractivity contribution >= 4 is 11.6 Å². The smallest absolute Gasteiger partial charge is 0.272 e. The largest absolute Gasteiger partial charge is 0.396 e. The highest BCUT2D eigenvalue weighted by Gasteiger charge is 2.17. The minimum absolute atomic E-state index is 0.120. The van der Waals surface area contributed by atoms with Crippen LogP contribution in [0, 0.1) is 0 Å². The number of aliphatic hydroxyl groups excluding tert-OH is 1. The van der Waals surface area contributed by atoms with Crippen LogP contribution in [-0.4, -0.2) is 47.1 Å². The predicted molar refractivity (Wildman–Crippen MR) is 71.7 cm³/mol. The molecule has 0 radical (unpaired) electrons. The van der Waals surface area contributed by atoms with E-state index in [2.05, 4.69) is 10.3 Å². The number of carbonyl (C=O) groups is 1. The third-order valence-corrected chi connectivity index (χ3v) is 2.60. The lowest BCUT2D eigenvalue weighted by Crippen LogP contribution is -2.32. The van der Waals surface area contributed by atoms with Crippen molar-refractivity contribution in [3.63, 3.8) is 0 Å². The van der Waals surface area contributed by atoms with Crippen molar-refractivity contribution in [1.29, 1.82) is 0 Å². The maximum atomic E-state index is 11.8. The Labute approximate surface area is 108 Å². The van der Waals surface area contributed by atoms with E-state index in [1.54, 1.807) is 26.4 Å². The second kappa shape index (κ2) is 5.82. The first kappa shape index (κ1) is 14.4. The second-order valence-corrected chi connectivity index (χ2v) is 5.11. The number of rotatable bonds is 5. The van der Waals surface area contributed by atoms with E-state index < -0.39 is 0 Å². The average Bonchev–Trinajstić information content (AvgIpc) is 2.27. The van der Waals surface area contributed by atoms with Crippen LogP contribution in [0.2, 0.25) is 0 Å². The molecule has 0 aromatic carbocycles. The maximum absolute atomic E-state index is 11.8. The van der Waals surface area contributed by atoms with Gasteiger partial charge in [0.15, 0.2) is 0 Å². The van der Waals surface area contributed by atoms with Crippen LogP contribution in [0.25, 0.3) is 0 Å². The molecule has 0 saturated carbocycles. The number of carbonyl (C=O) groups excluding carboxylic acids is 1. The van der Waals surface area contributed by atoms with Gasteiger partial charge in [0.05, 0.1) is 0 Å². The molecule has 1 amide bonds. The van der Waals surface area contributed by atoms with Gasteiger partial charge in [-0.15, -0.1) is 0 Å². The molecule has 1 heterocycles. The number of hydrogen-bond donors (Lipinski definition) is 2. The van der Waals surface area contributed by atoms with Crippen LogP contribution >= 0.6 is 0 Å². The average molecular weight is 251 g/mol. The zero-order chi connectivity index (χ0) is 13.8. The Bertz CT molecular complexity index is 416. The Hall–Kier alpha value is -1.62. The van der Waals surface area contributed by atoms with E-state index >= 15 is 0 Å². The van der Waals surface area contributed by atoms with Gasteiger partial charge in [-0.05, 0) is 32.4 Å². The number of hydrogen-bond acceptors (Lipinski definition) is 4. The predicted octanol–water partition coefficient (Wildman–Crippen LogP) is 1.36. The van der Waals surface area contributed by atoms with Crippen molar-refractivity contribution in [2.24, 2.45) is 0 Å². The lowest BCUT2D eigenvalue weighted by Gasteiger charge is -2.26. The molecule has 1 rings (SSSR count). The quantitative estimate of drug-likeness (QED) is 0.829. The molecule has 0 unspecified atom stereocenters. The van der Waals surface area contributed by atoms with Crippen LogP contribution in [0.15, 0.2) is 18.3 Å². The number of amides is 1. The molecule has 0 aliphatic carbocycles. The highest BCUT2D eigenvalue weighted by Crippen LogP contribution is 2.18. The summed E-state index contributed by atoms with van der Waals surface area (Å²) in [5.74, 6) is -0.126. The number of nitrogens with zero attached hydrogens (tertiary/aromatic N) is 2. The molecular weight excluding hydrogens is 230 g/mol. The van der Waals surface area contributed by atoms with Crippen LogP contribution in [0.3, 0.4) is 0 Å². The first-order valence-electron chi connectivity index (χ1n) is 5.92. The monoisotopic (exact) mass is 251 g/mol. The molecule has 5 nitrogen and oxygen atoms in total. The summed E-state index contributed by atoms with van der Waals surface area (Å²) in [6.45, 7) is 4.11. The fourth-order valence-corrected chi connectivity index (χ4v) is 1.59. The first-order valence-corrected chi connectivity index (χ1v) is 5.92. The van der Waals surface area contributed by atoms with Gasteiger partial charge in [-0.2, -0.15) is 0 Å². The van der Waals surface area contributed by atoms with Crippen molar-refractivity contribution in [3.05, 3.63) is 24.0 Å². The Morgan fingerprint density at radius 3 is 2.72 bits per heavy atom. The van der Waals surface area contributed by atoms with Gasteiger partial charge < -0.3 is 15.3 Å². The molecule has 0 saturated heterocycles. The Balaban J connectivity index is 2.86. The summed E-state index contributed by atoms with van der Waals surface area (Å²) in [5, 5.41) is 12.3. The summed E-state index contributed by atoms with van der Waals surface area (Å²) >= 11 is 0. The van der Waals surface area contributed by atoms with Crippen molar-refractivity contribution in [3.8, 4) is 0 Å². The third-order valence-electron chi connectivity index (χ3n) is 2.60. The van der Waals surface area contributed by atoms with Crippen LogP contribution < -0.4 is 5.32 Å². The lowest BCUT2D eigenvalue weighted by molar-refractivity contribution is 0.0822. The molecule has 18 heavy (non-hydrogen) atoms. The number of nitrogens with one attached hydrogen (secondary N) is 1. The Morgan fingerprint density at radius 2 is 2.17 bits per heavy atom. The Morgan fingerprint density at radius 1 is 1.50 bits per heavy atom. The molecule has 0 fully saturated rings. The van der Waals surface area contributed by atoms with Gasteiger partial charge in [0.1, 0.15) is 5.69 Å². The van der Waals surface area contributed by atoms with E-state index in [0.717, 1.165) is 5.69 Å². The van der Waals surface area contributed by atoms with Gasteiger partial charge in [-0.1, -0.05) is 0 Å². The maximum Gasteiger partial charge on any atom is 0.272 e. The Kier molecular flexibility index (Phi) is 4.67. The fourth-order valence-electron chi connectivity index (χ4n) is 1.59. The van der Waals surface area contributed by atoms with Gasteiger partial charge in [-0.3, -0.25) is 9.78 Å². The van der Waals surface area contributed by atoms with E-state index in [1.165, 1.54) is 4.90 Å². The molecular formula is C13H21N3O2. The number of aliphatic hydroxyl groups is 1. The molecule has 0 spiro atoms. The molecule has 0 atom stereocenters. The number of anilines is 1. The first-order chi connectivity index (χ1) is 8.35. The van der Waals surface area contributed by atoms with Gasteiger partial charge in [-0.25, -0.2) is 0 Å². The summed E-state index contributed by atoms with van der Waals surface area (Å²) in [6, 6.07) is 3.53. The van der Waals surface area contributed by atoms with Crippen LogP contribution in [-0.2, 0) is 0 Å². The molecule has 0 aliphatic rings. The van der Waals surface area contributed by atoms with E-state index in [1.807, 2.05) is 19.9 Å². The van der Waals surface area contributed by atoms with Crippen molar-refractivity contribution < 1.29 is 9.90 Å². The standard InChI is InChI=1S/C13H21N3O2/c1-13(2,6-8-17)15-10-5-7-14-11(9-10)12(18)16(3)4/h5,7,9,17H,6,8H2,1-4H3,(H,14,15). The van der Waals surface area contributed by atoms with E-state index in [4.69, 9.17) is 5.11 Å². The summed E-state index contributed by atoms with van der Waals surface area (Å²) in [7, 11) is 3.39. The zero-order valence-corrected chi connectivity index (χ0v) is 11.4. The summed E-state index contributed by atoms with van der Waals surface area (Å²) in [4.78, 5) is 17.3. The summed E-state index contributed by atoms with van der Waals surface area (Å²) in [5.41, 5.74) is 1.01. The topological polar surface area (TPSA) is 65.5 Å². The highest BCUT2D eigenvalue weighted by atomic mass is 16.3. The molecule has 100 valence electrons. The number of aromatic nitrogens is 1. The zero-order valence-electron chi connectivity index (χ0n) is 11.4.